The molecule has 3 N–H and O–H groups in total. The maximum atomic E-state index is 11.5. The highest BCUT2D eigenvalue weighted by molar-refractivity contribution is 14.0. The number of guanidine groups is 1. The van der Waals surface area contributed by atoms with Crippen molar-refractivity contribution in [3.05, 3.63) is 35.4 Å². The fourth-order valence-corrected chi connectivity index (χ4v) is 1.78. The molecule has 6 heteroatoms. The second kappa shape index (κ2) is 12.2. The second-order valence-electron chi connectivity index (χ2n) is 5.55. The van der Waals surface area contributed by atoms with Gasteiger partial charge in [0.1, 0.15) is 0 Å². The van der Waals surface area contributed by atoms with Crippen LogP contribution in [0, 0.1) is 12.8 Å². The van der Waals surface area contributed by atoms with Crippen LogP contribution in [0.2, 0.25) is 0 Å². The number of halogens is 1. The zero-order valence-corrected chi connectivity index (χ0v) is 16.8. The summed E-state index contributed by atoms with van der Waals surface area (Å²) in [6.07, 6.45) is 0. The Morgan fingerprint density at radius 1 is 1.09 bits per heavy atom. The number of rotatable bonds is 7. The Morgan fingerprint density at radius 3 is 2.26 bits per heavy atom. The summed E-state index contributed by atoms with van der Waals surface area (Å²) in [4.78, 5) is 16.0. The van der Waals surface area contributed by atoms with Gasteiger partial charge in [-0.3, -0.25) is 4.79 Å². The summed E-state index contributed by atoms with van der Waals surface area (Å²) in [6, 6.07) is 8.36. The number of hydrogen-bond acceptors (Lipinski definition) is 2. The second-order valence-corrected chi connectivity index (χ2v) is 5.55. The lowest BCUT2D eigenvalue weighted by Crippen LogP contribution is -2.42. The van der Waals surface area contributed by atoms with Crippen LogP contribution in [-0.4, -0.2) is 31.5 Å². The monoisotopic (exact) mass is 432 g/mol. The van der Waals surface area contributed by atoms with E-state index in [2.05, 4.69) is 52.1 Å². The van der Waals surface area contributed by atoms with E-state index in [1.807, 2.05) is 20.8 Å². The molecule has 0 radical (unpaired) electrons. The van der Waals surface area contributed by atoms with Crippen molar-refractivity contribution in [2.24, 2.45) is 10.9 Å². The summed E-state index contributed by atoms with van der Waals surface area (Å²) in [6.45, 7) is 10.6. The molecule has 0 fully saturated rings. The molecule has 1 rings (SSSR count). The summed E-state index contributed by atoms with van der Waals surface area (Å²) < 4.78 is 0. The zero-order valence-electron chi connectivity index (χ0n) is 14.5. The number of hydrogen-bond donors (Lipinski definition) is 3. The first-order valence-corrected chi connectivity index (χ1v) is 7.88. The topological polar surface area (TPSA) is 65.5 Å². The third-order valence-corrected chi connectivity index (χ3v) is 3.13. The van der Waals surface area contributed by atoms with Crippen molar-refractivity contribution >= 4 is 35.8 Å². The molecule has 0 atom stereocenters. The minimum atomic E-state index is 0. The van der Waals surface area contributed by atoms with Crippen LogP contribution in [0.25, 0.3) is 0 Å². The van der Waals surface area contributed by atoms with E-state index < -0.39 is 0 Å². The first-order valence-electron chi connectivity index (χ1n) is 7.88. The van der Waals surface area contributed by atoms with E-state index >= 15 is 0 Å². The molecule has 0 saturated heterocycles. The minimum absolute atomic E-state index is 0. The van der Waals surface area contributed by atoms with Crippen LogP contribution in [0.3, 0.4) is 0 Å². The van der Waals surface area contributed by atoms with Crippen molar-refractivity contribution in [3.8, 4) is 0 Å². The molecular formula is C17H29IN4O. The van der Waals surface area contributed by atoms with Gasteiger partial charge in [-0.15, -0.1) is 24.0 Å². The maximum Gasteiger partial charge on any atom is 0.222 e. The van der Waals surface area contributed by atoms with E-state index in [9.17, 15) is 4.79 Å². The van der Waals surface area contributed by atoms with Gasteiger partial charge in [-0.1, -0.05) is 43.7 Å². The third-order valence-electron chi connectivity index (χ3n) is 3.13. The smallest absolute Gasteiger partial charge is 0.222 e. The van der Waals surface area contributed by atoms with Crippen LogP contribution >= 0.6 is 24.0 Å². The lowest BCUT2D eigenvalue weighted by molar-refractivity contribution is -0.123. The van der Waals surface area contributed by atoms with Gasteiger partial charge in [-0.25, -0.2) is 4.99 Å². The van der Waals surface area contributed by atoms with Crippen LogP contribution in [0.5, 0.6) is 0 Å². The number of aryl methyl sites for hydroxylation is 1. The molecule has 0 aliphatic rings. The Kier molecular flexibility index (Phi) is 11.5. The zero-order chi connectivity index (χ0) is 16.4. The summed E-state index contributed by atoms with van der Waals surface area (Å²) in [7, 11) is 0. The fraction of sp³-hybridized carbons (Fsp3) is 0.529. The van der Waals surface area contributed by atoms with Gasteiger partial charge in [0.15, 0.2) is 5.96 Å². The van der Waals surface area contributed by atoms with Crippen molar-refractivity contribution in [1.29, 1.82) is 0 Å². The summed E-state index contributed by atoms with van der Waals surface area (Å²) in [5.41, 5.74) is 2.43. The van der Waals surface area contributed by atoms with E-state index in [1.54, 1.807) is 0 Å². The van der Waals surface area contributed by atoms with Gasteiger partial charge in [0.25, 0.3) is 0 Å². The molecule has 1 aromatic carbocycles. The van der Waals surface area contributed by atoms with E-state index in [0.717, 1.165) is 12.5 Å². The Balaban J connectivity index is 0.00000484. The van der Waals surface area contributed by atoms with Crippen LogP contribution in [0.1, 0.15) is 31.9 Å². The van der Waals surface area contributed by atoms with Gasteiger partial charge in [0, 0.05) is 25.6 Å². The van der Waals surface area contributed by atoms with Crippen molar-refractivity contribution in [2.45, 2.75) is 34.2 Å². The quantitative estimate of drug-likeness (QED) is 0.269. The SMILES string of the molecule is CCNC(=NCc1ccc(C)cc1)NCCNC(=O)C(C)C.I. The molecule has 0 spiro atoms. The fourth-order valence-electron chi connectivity index (χ4n) is 1.78. The molecule has 0 aromatic heterocycles. The molecule has 23 heavy (non-hydrogen) atoms. The first kappa shape index (κ1) is 21.7. The van der Waals surface area contributed by atoms with Crippen LogP contribution in [-0.2, 0) is 11.3 Å². The molecule has 0 saturated carbocycles. The Hall–Kier alpha value is -1.31. The van der Waals surface area contributed by atoms with E-state index in [4.69, 9.17) is 0 Å². The molecule has 0 aliphatic carbocycles. The molecule has 0 unspecified atom stereocenters. The van der Waals surface area contributed by atoms with Crippen LogP contribution < -0.4 is 16.0 Å². The van der Waals surface area contributed by atoms with E-state index in [0.29, 0.717) is 19.6 Å². The number of amides is 1. The minimum Gasteiger partial charge on any atom is -0.357 e. The van der Waals surface area contributed by atoms with E-state index in [-0.39, 0.29) is 35.8 Å². The summed E-state index contributed by atoms with van der Waals surface area (Å²) >= 11 is 0. The molecule has 0 heterocycles. The van der Waals surface area contributed by atoms with Gasteiger partial charge in [0.05, 0.1) is 6.54 Å². The number of carbonyl (C=O) groups is 1. The predicted molar refractivity (Wildman–Crippen MR) is 107 cm³/mol. The standard InChI is InChI=1S/C17H28N4O.HI/c1-5-18-17(20-11-10-19-16(22)13(2)3)21-12-15-8-6-14(4)7-9-15;/h6-9,13H,5,10-12H2,1-4H3,(H,19,22)(H2,18,20,21);1H. The maximum absolute atomic E-state index is 11.5. The molecule has 5 nitrogen and oxygen atoms in total. The van der Waals surface area contributed by atoms with Crippen molar-refractivity contribution < 1.29 is 4.79 Å². The number of carbonyl (C=O) groups excluding carboxylic acids is 1. The summed E-state index contributed by atoms with van der Waals surface area (Å²) in [5, 5.41) is 9.30. The number of aliphatic imine (C=N–C) groups is 1. The Bertz CT molecular complexity index is 486. The average Bonchev–Trinajstić information content (AvgIpc) is 2.50. The predicted octanol–water partition coefficient (Wildman–Crippen LogP) is 2.44. The molecule has 1 amide bonds. The van der Waals surface area contributed by atoms with Gasteiger partial charge in [0.2, 0.25) is 5.91 Å². The van der Waals surface area contributed by atoms with Crippen molar-refractivity contribution in [1.82, 2.24) is 16.0 Å². The highest BCUT2D eigenvalue weighted by atomic mass is 127. The highest BCUT2D eigenvalue weighted by Crippen LogP contribution is 2.04. The largest absolute Gasteiger partial charge is 0.357 e. The average molecular weight is 432 g/mol. The van der Waals surface area contributed by atoms with Crippen LogP contribution in [0.4, 0.5) is 0 Å². The Labute approximate surface area is 156 Å². The van der Waals surface area contributed by atoms with Gasteiger partial charge < -0.3 is 16.0 Å². The molecule has 0 bridgehead atoms. The number of benzene rings is 1. The van der Waals surface area contributed by atoms with Gasteiger partial charge in [-0.2, -0.15) is 0 Å². The lowest BCUT2D eigenvalue weighted by atomic mass is 10.1. The van der Waals surface area contributed by atoms with Gasteiger partial charge >= 0.3 is 0 Å². The molecule has 1 aromatic rings. The van der Waals surface area contributed by atoms with Crippen molar-refractivity contribution in [2.75, 3.05) is 19.6 Å². The van der Waals surface area contributed by atoms with E-state index in [1.165, 1.54) is 11.1 Å². The normalized spacial score (nSPS) is 10.9. The Morgan fingerprint density at radius 2 is 1.70 bits per heavy atom. The van der Waals surface area contributed by atoms with Crippen LogP contribution in [0.15, 0.2) is 29.3 Å². The lowest BCUT2D eigenvalue weighted by Gasteiger charge is -2.12. The third kappa shape index (κ3) is 9.43. The first-order chi connectivity index (χ1) is 10.5. The van der Waals surface area contributed by atoms with Gasteiger partial charge in [-0.05, 0) is 19.4 Å². The summed E-state index contributed by atoms with van der Waals surface area (Å²) in [5.74, 6) is 0.855. The molecule has 0 aliphatic heterocycles. The molecule has 130 valence electrons. The number of nitrogens with zero attached hydrogens (tertiary/aromatic N) is 1. The van der Waals surface area contributed by atoms with Crippen molar-refractivity contribution in [3.63, 3.8) is 0 Å². The molecular weight excluding hydrogens is 403 g/mol. The highest BCUT2D eigenvalue weighted by Gasteiger charge is 2.05. The number of nitrogens with one attached hydrogen (secondary N) is 3.